The van der Waals surface area contributed by atoms with Crippen molar-refractivity contribution in [3.8, 4) is 11.3 Å². The fourth-order valence-corrected chi connectivity index (χ4v) is 5.52. The molecule has 1 aliphatic carbocycles. The summed E-state index contributed by atoms with van der Waals surface area (Å²) >= 11 is 1.67. The molecule has 5 rings (SSSR count). The number of nitrogens with zero attached hydrogens (tertiary/aromatic N) is 3. The van der Waals surface area contributed by atoms with Crippen LogP contribution in [0.4, 0.5) is 14.5 Å². The largest absolute Gasteiger partial charge is 0.426 e. The monoisotopic (exact) mass is 494 g/mol. The smallest absolute Gasteiger partial charge is 0.261 e. The number of rotatable bonds is 6. The quantitative estimate of drug-likeness (QED) is 0.329. The lowest BCUT2D eigenvalue weighted by Crippen LogP contribution is -2.15. The molecule has 1 saturated carbocycles. The van der Waals surface area contributed by atoms with E-state index in [2.05, 4.69) is 15.5 Å². The van der Waals surface area contributed by atoms with Gasteiger partial charge in [0.2, 0.25) is 11.8 Å². The van der Waals surface area contributed by atoms with Crippen LogP contribution in [0.5, 0.6) is 0 Å². The number of halogens is 2. The molecule has 1 amide bonds. The van der Waals surface area contributed by atoms with Gasteiger partial charge in [0.15, 0.2) is 0 Å². The van der Waals surface area contributed by atoms with Crippen LogP contribution in [0, 0.1) is 24.5 Å². The Morgan fingerprint density at radius 3 is 2.43 bits per heavy atom. The van der Waals surface area contributed by atoms with Crippen LogP contribution in [0.25, 0.3) is 11.3 Å². The van der Waals surface area contributed by atoms with Crippen LogP contribution >= 0.6 is 11.3 Å². The molecule has 1 N–H and O–H groups in total. The third-order valence-corrected chi connectivity index (χ3v) is 7.38. The Bertz CT molecular complexity index is 1310. The Hall–Kier alpha value is -3.46. The topological polar surface area (TPSA) is 80.9 Å². The van der Waals surface area contributed by atoms with Crippen molar-refractivity contribution in [2.75, 3.05) is 5.32 Å². The number of aryl methyl sites for hydroxylation is 1. The lowest BCUT2D eigenvalue weighted by Gasteiger charge is -2.26. The Balaban J connectivity index is 1.19. The van der Waals surface area contributed by atoms with Crippen LogP contribution in [0.15, 0.2) is 52.3 Å². The molecule has 1 aliphatic rings. The maximum Gasteiger partial charge on any atom is 0.261 e. The number of benzene rings is 2. The van der Waals surface area contributed by atoms with Gasteiger partial charge in [-0.25, -0.2) is 13.8 Å². The average Bonchev–Trinajstić information content (AvgIpc) is 3.49. The molecule has 180 valence electrons. The highest BCUT2D eigenvalue weighted by Gasteiger charge is 2.26. The summed E-state index contributed by atoms with van der Waals surface area (Å²) in [6, 6.07) is 10.4. The molecule has 0 saturated heterocycles. The van der Waals surface area contributed by atoms with E-state index in [0.717, 1.165) is 66.4 Å². The van der Waals surface area contributed by atoms with E-state index in [0.29, 0.717) is 23.4 Å². The summed E-state index contributed by atoms with van der Waals surface area (Å²) in [6.45, 7) is 1.81. The zero-order chi connectivity index (χ0) is 24.4. The van der Waals surface area contributed by atoms with Crippen molar-refractivity contribution in [1.29, 1.82) is 0 Å². The number of carbonyl (C=O) groups is 1. The Morgan fingerprint density at radius 2 is 1.77 bits per heavy atom. The summed E-state index contributed by atoms with van der Waals surface area (Å²) in [4.78, 5) is 17.2. The maximum atomic E-state index is 13.8. The number of amides is 1. The fourth-order valence-electron chi connectivity index (χ4n) is 4.52. The standard InChI is InChI=1S/C26H24F2N4O2S/c1-15-31-32-23(34-15)13-16-5-7-18(8-6-16)26-30-22(14-35-26)17-9-11-19(12-10-17)29-25(33)24-20(27)3-2-4-21(24)28/h2-4,9-12,14,16,18H,5-8,13H2,1H3,(H,29,33). The maximum absolute atomic E-state index is 13.8. The van der Waals surface area contributed by atoms with Gasteiger partial charge in [-0.2, -0.15) is 0 Å². The summed E-state index contributed by atoms with van der Waals surface area (Å²) in [5.41, 5.74) is 1.66. The molecule has 0 spiro atoms. The number of hydrogen-bond acceptors (Lipinski definition) is 6. The number of hydrogen-bond donors (Lipinski definition) is 1. The van der Waals surface area contributed by atoms with Gasteiger partial charge in [0.05, 0.1) is 10.7 Å². The Kier molecular flexibility index (Phi) is 6.68. The first-order valence-corrected chi connectivity index (χ1v) is 12.4. The van der Waals surface area contributed by atoms with Crippen LogP contribution in [0.3, 0.4) is 0 Å². The van der Waals surface area contributed by atoms with E-state index >= 15 is 0 Å². The van der Waals surface area contributed by atoms with Gasteiger partial charge in [-0.05, 0) is 55.9 Å². The molecular formula is C26H24F2N4O2S. The van der Waals surface area contributed by atoms with Crippen molar-refractivity contribution < 1.29 is 18.0 Å². The second-order valence-electron chi connectivity index (χ2n) is 8.84. The van der Waals surface area contributed by atoms with E-state index < -0.39 is 23.1 Å². The first kappa shape index (κ1) is 23.3. The SMILES string of the molecule is Cc1nnc(CC2CCC(c3nc(-c4ccc(NC(=O)c5c(F)cccc5F)cc4)cs3)CC2)o1. The van der Waals surface area contributed by atoms with Crippen LogP contribution in [-0.2, 0) is 6.42 Å². The normalized spacial score (nSPS) is 17.9. The highest BCUT2D eigenvalue weighted by Crippen LogP contribution is 2.39. The van der Waals surface area contributed by atoms with Gasteiger partial charge in [0, 0.05) is 35.9 Å². The lowest BCUT2D eigenvalue weighted by atomic mass is 9.81. The molecule has 9 heteroatoms. The van der Waals surface area contributed by atoms with E-state index in [1.54, 1.807) is 23.5 Å². The minimum Gasteiger partial charge on any atom is -0.426 e. The van der Waals surface area contributed by atoms with Crippen LogP contribution in [-0.4, -0.2) is 21.1 Å². The summed E-state index contributed by atoms with van der Waals surface area (Å²) in [5, 5.41) is 13.8. The molecule has 0 atom stereocenters. The highest BCUT2D eigenvalue weighted by atomic mass is 32.1. The second-order valence-corrected chi connectivity index (χ2v) is 9.73. The van der Waals surface area contributed by atoms with Gasteiger partial charge in [-0.15, -0.1) is 21.5 Å². The molecule has 0 aliphatic heterocycles. The lowest BCUT2D eigenvalue weighted by molar-refractivity contribution is 0.101. The van der Waals surface area contributed by atoms with Gasteiger partial charge in [0.1, 0.15) is 17.2 Å². The van der Waals surface area contributed by atoms with E-state index in [4.69, 9.17) is 9.40 Å². The van der Waals surface area contributed by atoms with Crippen molar-refractivity contribution in [3.05, 3.63) is 81.8 Å². The number of nitrogens with one attached hydrogen (secondary N) is 1. The van der Waals surface area contributed by atoms with Gasteiger partial charge >= 0.3 is 0 Å². The molecule has 2 aromatic heterocycles. The molecular weight excluding hydrogens is 470 g/mol. The zero-order valence-corrected chi connectivity index (χ0v) is 19.9. The first-order chi connectivity index (χ1) is 17.0. The Labute approximate surface area is 205 Å². The summed E-state index contributed by atoms with van der Waals surface area (Å²) in [5.74, 6) is -0.274. The van der Waals surface area contributed by atoms with Crippen molar-refractivity contribution in [2.24, 2.45) is 5.92 Å². The average molecular weight is 495 g/mol. The fraction of sp³-hybridized carbons (Fsp3) is 0.308. The van der Waals surface area contributed by atoms with Gasteiger partial charge in [-0.3, -0.25) is 4.79 Å². The Morgan fingerprint density at radius 1 is 1.06 bits per heavy atom. The van der Waals surface area contributed by atoms with Crippen molar-refractivity contribution in [2.45, 2.75) is 44.9 Å². The number of anilines is 1. The number of aromatic nitrogens is 3. The van der Waals surface area contributed by atoms with Gasteiger partial charge in [-0.1, -0.05) is 18.2 Å². The van der Waals surface area contributed by atoms with Crippen LogP contribution in [0.1, 0.15) is 58.7 Å². The first-order valence-electron chi connectivity index (χ1n) is 11.6. The van der Waals surface area contributed by atoms with E-state index in [1.165, 1.54) is 6.07 Å². The van der Waals surface area contributed by atoms with Crippen molar-refractivity contribution >= 4 is 22.9 Å². The minimum absolute atomic E-state index is 0.448. The third kappa shape index (κ3) is 5.30. The van der Waals surface area contributed by atoms with Crippen molar-refractivity contribution in [1.82, 2.24) is 15.2 Å². The van der Waals surface area contributed by atoms with Gasteiger partial charge < -0.3 is 9.73 Å². The van der Waals surface area contributed by atoms with Crippen LogP contribution < -0.4 is 5.32 Å². The molecule has 2 heterocycles. The minimum atomic E-state index is -0.895. The van der Waals surface area contributed by atoms with E-state index in [9.17, 15) is 13.6 Å². The van der Waals surface area contributed by atoms with Gasteiger partial charge in [0.25, 0.3) is 5.91 Å². The summed E-state index contributed by atoms with van der Waals surface area (Å²) < 4.78 is 33.2. The summed E-state index contributed by atoms with van der Waals surface area (Å²) in [6.07, 6.45) is 5.23. The predicted octanol–water partition coefficient (Wildman–Crippen LogP) is 6.55. The molecule has 6 nitrogen and oxygen atoms in total. The molecule has 35 heavy (non-hydrogen) atoms. The third-order valence-electron chi connectivity index (χ3n) is 6.38. The van der Waals surface area contributed by atoms with E-state index in [1.807, 2.05) is 24.4 Å². The molecule has 2 aromatic carbocycles. The molecule has 0 radical (unpaired) electrons. The second kappa shape index (κ2) is 10.0. The molecule has 1 fully saturated rings. The molecule has 4 aromatic rings. The van der Waals surface area contributed by atoms with Crippen molar-refractivity contribution in [3.63, 3.8) is 0 Å². The zero-order valence-electron chi connectivity index (χ0n) is 19.1. The van der Waals surface area contributed by atoms with E-state index in [-0.39, 0.29) is 0 Å². The number of carbonyl (C=O) groups excluding carboxylic acids is 1. The highest BCUT2D eigenvalue weighted by molar-refractivity contribution is 7.10. The number of thiazole rings is 1. The molecule has 0 bridgehead atoms. The predicted molar refractivity (Wildman–Crippen MR) is 129 cm³/mol. The summed E-state index contributed by atoms with van der Waals surface area (Å²) in [7, 11) is 0. The molecule has 0 unspecified atom stereocenters. The van der Waals surface area contributed by atoms with Crippen LogP contribution in [0.2, 0.25) is 0 Å².